The van der Waals surface area contributed by atoms with E-state index in [-0.39, 0.29) is 30.8 Å². The number of nitrogens with one attached hydrogen (secondary N) is 1. The van der Waals surface area contributed by atoms with Gasteiger partial charge in [-0.1, -0.05) is 23.4 Å². The van der Waals surface area contributed by atoms with Crippen LogP contribution in [0, 0.1) is 0 Å². The first kappa shape index (κ1) is 17.4. The first-order chi connectivity index (χ1) is 9.84. The molecule has 0 atom stereocenters. The van der Waals surface area contributed by atoms with Crippen LogP contribution in [0.4, 0.5) is 0 Å². The van der Waals surface area contributed by atoms with Crippen molar-refractivity contribution < 1.29 is 18.4 Å². The van der Waals surface area contributed by atoms with Crippen LogP contribution in [0.5, 0.6) is 0 Å². The Morgan fingerprint density at radius 1 is 1.48 bits per heavy atom. The average Bonchev–Trinajstić information content (AvgIpc) is 2.44. The predicted octanol–water partition coefficient (Wildman–Crippen LogP) is 0.626. The van der Waals surface area contributed by atoms with Crippen molar-refractivity contribution in [1.82, 2.24) is 4.72 Å². The van der Waals surface area contributed by atoms with Crippen LogP contribution >= 0.6 is 0 Å². The third kappa shape index (κ3) is 6.56. The molecule has 0 aliphatic carbocycles. The van der Waals surface area contributed by atoms with E-state index in [9.17, 15) is 8.42 Å². The van der Waals surface area contributed by atoms with E-state index in [0.717, 1.165) is 0 Å². The molecule has 0 saturated heterocycles. The molecule has 0 unspecified atom stereocenters. The Hall–Kier alpha value is -1.64. The van der Waals surface area contributed by atoms with Crippen LogP contribution in [0.15, 0.2) is 29.4 Å². The van der Waals surface area contributed by atoms with E-state index >= 15 is 0 Å². The second kappa shape index (κ2) is 7.96. The molecule has 8 heteroatoms. The molecule has 0 bridgehead atoms. The summed E-state index contributed by atoms with van der Waals surface area (Å²) in [5.74, 6) is -0.115. The monoisotopic (exact) mass is 315 g/mol. The first-order valence-corrected chi connectivity index (χ1v) is 8.15. The maximum absolute atomic E-state index is 11.8. The summed E-state index contributed by atoms with van der Waals surface area (Å²) >= 11 is 0. The van der Waals surface area contributed by atoms with Crippen molar-refractivity contribution in [3.8, 4) is 0 Å². The molecule has 0 aliphatic heterocycles. The Bertz CT molecular complexity index is 585. The predicted molar refractivity (Wildman–Crippen MR) is 80.7 cm³/mol. The summed E-state index contributed by atoms with van der Waals surface area (Å²) in [6.07, 6.45) is -0.00220. The summed E-state index contributed by atoms with van der Waals surface area (Å²) in [6.45, 7) is 3.98. The zero-order chi connectivity index (χ0) is 15.9. The standard InChI is InChI=1S/C13H21N3O4S/c1-10(2)20-6-7-21(18,19)15-9-11-4-3-5-12(8-11)13(14)16-17/h3-5,8,10,15,17H,6-7,9H2,1-2H3,(H2,14,16). The van der Waals surface area contributed by atoms with Gasteiger partial charge in [0.2, 0.25) is 10.0 Å². The largest absolute Gasteiger partial charge is 0.409 e. The minimum atomic E-state index is -3.40. The molecular weight excluding hydrogens is 294 g/mol. The van der Waals surface area contributed by atoms with Gasteiger partial charge in [-0.05, 0) is 25.5 Å². The highest BCUT2D eigenvalue weighted by Gasteiger charge is 2.11. The Morgan fingerprint density at radius 2 is 2.19 bits per heavy atom. The van der Waals surface area contributed by atoms with Crippen LogP contribution in [0.25, 0.3) is 0 Å². The molecule has 21 heavy (non-hydrogen) atoms. The van der Waals surface area contributed by atoms with Gasteiger partial charge in [-0.3, -0.25) is 0 Å². The molecule has 0 aliphatic rings. The lowest BCUT2D eigenvalue weighted by Gasteiger charge is -2.10. The van der Waals surface area contributed by atoms with Crippen molar-refractivity contribution >= 4 is 15.9 Å². The van der Waals surface area contributed by atoms with Crippen molar-refractivity contribution in [3.05, 3.63) is 35.4 Å². The Labute approximate surface area is 124 Å². The van der Waals surface area contributed by atoms with Gasteiger partial charge in [0.15, 0.2) is 5.84 Å². The van der Waals surface area contributed by atoms with Gasteiger partial charge in [-0.15, -0.1) is 0 Å². The van der Waals surface area contributed by atoms with Gasteiger partial charge in [0, 0.05) is 12.1 Å². The summed E-state index contributed by atoms with van der Waals surface area (Å²) < 4.78 is 31.3. The molecule has 0 amide bonds. The number of ether oxygens (including phenoxy) is 1. The fourth-order valence-corrected chi connectivity index (χ4v) is 2.40. The number of hydrogen-bond acceptors (Lipinski definition) is 5. The first-order valence-electron chi connectivity index (χ1n) is 6.50. The number of nitrogens with zero attached hydrogens (tertiary/aromatic N) is 1. The number of oxime groups is 1. The van der Waals surface area contributed by atoms with Crippen molar-refractivity contribution in [1.29, 1.82) is 0 Å². The van der Waals surface area contributed by atoms with Gasteiger partial charge >= 0.3 is 0 Å². The lowest BCUT2D eigenvalue weighted by atomic mass is 10.1. The highest BCUT2D eigenvalue weighted by Crippen LogP contribution is 2.05. The lowest BCUT2D eigenvalue weighted by molar-refractivity contribution is 0.0911. The number of benzene rings is 1. The van der Waals surface area contributed by atoms with Gasteiger partial charge < -0.3 is 15.7 Å². The smallest absolute Gasteiger partial charge is 0.214 e. The molecule has 4 N–H and O–H groups in total. The van der Waals surface area contributed by atoms with Crippen molar-refractivity contribution in [2.45, 2.75) is 26.5 Å². The van der Waals surface area contributed by atoms with E-state index < -0.39 is 10.0 Å². The second-order valence-electron chi connectivity index (χ2n) is 4.75. The quantitative estimate of drug-likeness (QED) is 0.282. The van der Waals surface area contributed by atoms with Crippen LogP contribution in [0.3, 0.4) is 0 Å². The molecule has 7 nitrogen and oxygen atoms in total. The normalized spacial score (nSPS) is 12.8. The van der Waals surface area contributed by atoms with Crippen LogP contribution in [-0.2, 0) is 21.3 Å². The molecule has 1 rings (SSSR count). The van der Waals surface area contributed by atoms with E-state index in [1.807, 2.05) is 13.8 Å². The topological polar surface area (TPSA) is 114 Å². The Kier molecular flexibility index (Phi) is 6.60. The number of nitrogens with two attached hydrogens (primary N) is 1. The Morgan fingerprint density at radius 3 is 2.81 bits per heavy atom. The Balaban J connectivity index is 2.58. The van der Waals surface area contributed by atoms with Crippen LogP contribution in [-0.4, -0.2) is 37.9 Å². The fourth-order valence-electron chi connectivity index (χ4n) is 1.56. The molecular formula is C13H21N3O4S. The summed E-state index contributed by atoms with van der Waals surface area (Å²) in [5, 5.41) is 11.5. The molecule has 0 spiro atoms. The summed E-state index contributed by atoms with van der Waals surface area (Å²) in [7, 11) is -3.40. The molecule has 0 fully saturated rings. The van der Waals surface area contributed by atoms with E-state index in [1.54, 1.807) is 24.3 Å². The minimum Gasteiger partial charge on any atom is -0.409 e. The van der Waals surface area contributed by atoms with Crippen molar-refractivity contribution in [3.63, 3.8) is 0 Å². The fraction of sp³-hybridized carbons (Fsp3) is 0.462. The van der Waals surface area contributed by atoms with Gasteiger partial charge in [-0.2, -0.15) is 0 Å². The second-order valence-corrected chi connectivity index (χ2v) is 6.67. The van der Waals surface area contributed by atoms with Crippen LogP contribution in [0.2, 0.25) is 0 Å². The zero-order valence-electron chi connectivity index (χ0n) is 12.1. The molecule has 1 aromatic carbocycles. The average molecular weight is 315 g/mol. The molecule has 1 aromatic rings. The number of amidine groups is 1. The van der Waals surface area contributed by atoms with E-state index in [2.05, 4.69) is 9.88 Å². The summed E-state index contributed by atoms with van der Waals surface area (Å²) in [5.41, 5.74) is 6.72. The SMILES string of the molecule is CC(C)OCCS(=O)(=O)NCc1cccc(C(N)=NO)c1. The van der Waals surface area contributed by atoms with Gasteiger partial charge in [0.25, 0.3) is 0 Å². The highest BCUT2D eigenvalue weighted by molar-refractivity contribution is 7.89. The molecule has 0 saturated carbocycles. The van der Waals surface area contributed by atoms with Crippen molar-refractivity contribution in [2.75, 3.05) is 12.4 Å². The van der Waals surface area contributed by atoms with Crippen LogP contribution < -0.4 is 10.5 Å². The summed E-state index contributed by atoms with van der Waals surface area (Å²) in [6, 6.07) is 6.78. The van der Waals surface area contributed by atoms with Crippen LogP contribution in [0.1, 0.15) is 25.0 Å². The van der Waals surface area contributed by atoms with Gasteiger partial charge in [0.1, 0.15) is 0 Å². The lowest BCUT2D eigenvalue weighted by Crippen LogP contribution is -2.28. The molecule has 0 aromatic heterocycles. The van der Waals surface area contributed by atoms with Gasteiger partial charge in [-0.25, -0.2) is 13.1 Å². The van der Waals surface area contributed by atoms with Crippen molar-refractivity contribution in [2.24, 2.45) is 10.9 Å². The third-order valence-corrected chi connectivity index (χ3v) is 3.92. The minimum absolute atomic E-state index is 0.00220. The number of rotatable bonds is 8. The number of hydrogen-bond donors (Lipinski definition) is 3. The third-order valence-electron chi connectivity index (χ3n) is 2.63. The van der Waals surface area contributed by atoms with Gasteiger partial charge in [0.05, 0.1) is 18.5 Å². The van der Waals surface area contributed by atoms with E-state index in [1.165, 1.54) is 0 Å². The molecule has 0 radical (unpaired) electrons. The number of sulfonamides is 1. The van der Waals surface area contributed by atoms with E-state index in [4.69, 9.17) is 15.7 Å². The zero-order valence-corrected chi connectivity index (χ0v) is 12.9. The maximum atomic E-state index is 11.8. The van der Waals surface area contributed by atoms with E-state index in [0.29, 0.717) is 11.1 Å². The molecule has 118 valence electrons. The maximum Gasteiger partial charge on any atom is 0.214 e. The molecule has 0 heterocycles. The highest BCUT2D eigenvalue weighted by atomic mass is 32.2. The summed E-state index contributed by atoms with van der Waals surface area (Å²) in [4.78, 5) is 0.